The Kier molecular flexibility index (Phi) is 4.87. The van der Waals surface area contributed by atoms with Gasteiger partial charge in [0.25, 0.3) is 0 Å². The topological polar surface area (TPSA) is 3.01 Å². The highest BCUT2D eigenvalue weighted by Gasteiger charge is 2.50. The fourth-order valence-electron chi connectivity index (χ4n) is 3.09. The second kappa shape index (κ2) is 6.76. The normalized spacial score (nSPS) is 24.0. The van der Waals surface area contributed by atoms with Crippen LogP contribution in [0.15, 0.2) is 54.6 Å². The Morgan fingerprint density at radius 2 is 1.62 bits per heavy atom. The minimum atomic E-state index is -1.37. The highest BCUT2D eigenvalue weighted by molar-refractivity contribution is 6.83. The lowest BCUT2D eigenvalue weighted by molar-refractivity contribution is 0.398. The van der Waals surface area contributed by atoms with Crippen LogP contribution in [0, 0.1) is 11.5 Å². The van der Waals surface area contributed by atoms with Crippen molar-refractivity contribution in [3.05, 3.63) is 70.7 Å². The number of benzene rings is 2. The van der Waals surface area contributed by atoms with E-state index in [0.717, 1.165) is 5.02 Å². The molecule has 4 atom stereocenters. The first-order valence-corrected chi connectivity index (χ1v) is 12.4. The number of halogens is 1. The molecule has 1 aliphatic rings. The number of hydrogen-bond acceptors (Lipinski definition) is 1. The molecular formula is C21H24ClNSi. The SMILES string of the molecule is C[C@@H](c1ccccc1)N1[C@H](C#C[Si](C)(C)C)[C@H]1c1ccc(Cl)cc1. The zero-order valence-electron chi connectivity index (χ0n) is 14.8. The summed E-state index contributed by atoms with van der Waals surface area (Å²) in [6.07, 6.45) is 0. The van der Waals surface area contributed by atoms with Crippen molar-refractivity contribution in [3.63, 3.8) is 0 Å². The summed E-state index contributed by atoms with van der Waals surface area (Å²) in [5.74, 6) is 3.57. The van der Waals surface area contributed by atoms with Crippen LogP contribution in [0.2, 0.25) is 24.7 Å². The summed E-state index contributed by atoms with van der Waals surface area (Å²) in [7, 11) is -1.37. The van der Waals surface area contributed by atoms with E-state index in [1.807, 2.05) is 12.1 Å². The van der Waals surface area contributed by atoms with Crippen molar-refractivity contribution in [2.45, 2.75) is 44.7 Å². The second-order valence-corrected chi connectivity index (χ2v) is 12.7. The van der Waals surface area contributed by atoms with Crippen LogP contribution in [-0.4, -0.2) is 19.0 Å². The van der Waals surface area contributed by atoms with Gasteiger partial charge in [0, 0.05) is 11.1 Å². The smallest absolute Gasteiger partial charge is 0.129 e. The number of rotatable bonds is 3. The van der Waals surface area contributed by atoms with Crippen molar-refractivity contribution >= 4 is 19.7 Å². The first-order chi connectivity index (χ1) is 11.4. The van der Waals surface area contributed by atoms with E-state index in [2.05, 4.69) is 85.4 Å². The maximum atomic E-state index is 6.05. The summed E-state index contributed by atoms with van der Waals surface area (Å²) < 4.78 is 0. The maximum Gasteiger partial charge on any atom is 0.129 e. The Balaban J connectivity index is 1.89. The Labute approximate surface area is 151 Å². The standard InChI is InChI=1S/C21H24ClNSi/c1-16(17-8-6-5-7-9-17)23-20(14-15-24(2,3)4)21(23)18-10-12-19(22)13-11-18/h5-13,16,20-21H,1-4H3/t16-,20+,21+,23?/m0/s1. The fraction of sp³-hybridized carbons (Fsp3) is 0.333. The molecule has 0 amide bonds. The average molecular weight is 354 g/mol. The molecule has 24 heavy (non-hydrogen) atoms. The molecule has 0 N–H and O–H groups in total. The van der Waals surface area contributed by atoms with Crippen LogP contribution in [0.5, 0.6) is 0 Å². The average Bonchev–Trinajstić information content (AvgIpc) is 3.27. The Morgan fingerprint density at radius 3 is 2.21 bits per heavy atom. The molecule has 1 saturated heterocycles. The molecule has 3 heteroatoms. The highest BCUT2D eigenvalue weighted by atomic mass is 35.5. The van der Waals surface area contributed by atoms with Crippen LogP contribution in [0.1, 0.15) is 30.1 Å². The van der Waals surface area contributed by atoms with Crippen LogP contribution in [0.25, 0.3) is 0 Å². The molecule has 1 unspecified atom stereocenters. The molecule has 2 aromatic rings. The molecule has 0 saturated carbocycles. The van der Waals surface area contributed by atoms with Crippen molar-refractivity contribution in [2.75, 3.05) is 0 Å². The fourth-order valence-corrected chi connectivity index (χ4v) is 3.80. The zero-order chi connectivity index (χ0) is 17.3. The quantitative estimate of drug-likeness (QED) is 0.388. The molecule has 3 rings (SSSR count). The van der Waals surface area contributed by atoms with Gasteiger partial charge >= 0.3 is 0 Å². The van der Waals surface area contributed by atoms with Crippen LogP contribution in [0.3, 0.4) is 0 Å². The maximum absolute atomic E-state index is 6.05. The molecule has 1 aliphatic heterocycles. The van der Waals surface area contributed by atoms with Gasteiger partial charge in [-0.2, -0.15) is 0 Å². The van der Waals surface area contributed by atoms with E-state index < -0.39 is 8.07 Å². The van der Waals surface area contributed by atoms with Crippen molar-refractivity contribution in [1.82, 2.24) is 4.90 Å². The van der Waals surface area contributed by atoms with Gasteiger partial charge in [-0.25, -0.2) is 0 Å². The molecule has 1 fully saturated rings. The monoisotopic (exact) mass is 353 g/mol. The Hall–Kier alpha value is -1.53. The van der Waals surface area contributed by atoms with Gasteiger partial charge in [0.2, 0.25) is 0 Å². The third-order valence-corrected chi connectivity index (χ3v) is 5.53. The van der Waals surface area contributed by atoms with E-state index in [0.29, 0.717) is 18.1 Å². The van der Waals surface area contributed by atoms with Gasteiger partial charge in [-0.05, 0) is 30.2 Å². The molecule has 1 nitrogen and oxygen atoms in total. The summed E-state index contributed by atoms with van der Waals surface area (Å²) in [5, 5.41) is 0.784. The molecule has 2 aromatic carbocycles. The van der Waals surface area contributed by atoms with Crippen LogP contribution in [-0.2, 0) is 0 Å². The minimum Gasteiger partial charge on any atom is -0.272 e. The second-order valence-electron chi connectivity index (χ2n) is 7.49. The van der Waals surface area contributed by atoms with Gasteiger partial charge in [-0.1, -0.05) is 79.6 Å². The zero-order valence-corrected chi connectivity index (χ0v) is 16.5. The van der Waals surface area contributed by atoms with Crippen LogP contribution >= 0.6 is 11.6 Å². The lowest BCUT2D eigenvalue weighted by atomic mass is 10.1. The van der Waals surface area contributed by atoms with E-state index in [1.54, 1.807) is 0 Å². The molecule has 0 aromatic heterocycles. The van der Waals surface area contributed by atoms with Gasteiger partial charge in [-0.3, -0.25) is 4.90 Å². The van der Waals surface area contributed by atoms with E-state index in [1.165, 1.54) is 11.1 Å². The van der Waals surface area contributed by atoms with E-state index in [9.17, 15) is 0 Å². The molecule has 124 valence electrons. The predicted molar refractivity (Wildman–Crippen MR) is 106 cm³/mol. The van der Waals surface area contributed by atoms with Crippen LogP contribution < -0.4 is 0 Å². The number of nitrogens with zero attached hydrogens (tertiary/aromatic N) is 1. The number of hydrogen-bond donors (Lipinski definition) is 0. The first kappa shape index (κ1) is 17.3. The Bertz CT molecular complexity index is 752. The summed E-state index contributed by atoms with van der Waals surface area (Å²) >= 11 is 6.05. The van der Waals surface area contributed by atoms with Crippen LogP contribution in [0.4, 0.5) is 0 Å². The molecule has 1 heterocycles. The van der Waals surface area contributed by atoms with Crippen molar-refractivity contribution < 1.29 is 0 Å². The minimum absolute atomic E-state index is 0.299. The summed E-state index contributed by atoms with van der Waals surface area (Å²) in [5.41, 5.74) is 6.20. The summed E-state index contributed by atoms with van der Waals surface area (Å²) in [4.78, 5) is 2.51. The summed E-state index contributed by atoms with van der Waals surface area (Å²) in [6, 6.07) is 19.9. The first-order valence-electron chi connectivity index (χ1n) is 8.47. The van der Waals surface area contributed by atoms with E-state index >= 15 is 0 Å². The highest BCUT2D eigenvalue weighted by Crippen LogP contribution is 2.49. The summed E-state index contributed by atoms with van der Waals surface area (Å²) in [6.45, 7) is 9.16. The van der Waals surface area contributed by atoms with Crippen molar-refractivity contribution in [3.8, 4) is 11.5 Å². The molecular weight excluding hydrogens is 330 g/mol. The predicted octanol–water partition coefficient (Wildman–Crippen LogP) is 5.71. The molecule has 0 aliphatic carbocycles. The largest absolute Gasteiger partial charge is 0.272 e. The third kappa shape index (κ3) is 3.92. The van der Waals surface area contributed by atoms with E-state index in [4.69, 9.17) is 11.6 Å². The van der Waals surface area contributed by atoms with Gasteiger partial charge in [0.15, 0.2) is 0 Å². The van der Waals surface area contributed by atoms with Gasteiger partial charge in [0.05, 0.1) is 12.1 Å². The Morgan fingerprint density at radius 1 is 1.00 bits per heavy atom. The molecule has 0 spiro atoms. The van der Waals surface area contributed by atoms with Gasteiger partial charge in [0.1, 0.15) is 8.07 Å². The third-order valence-electron chi connectivity index (χ3n) is 4.39. The lowest BCUT2D eigenvalue weighted by Crippen LogP contribution is -2.17. The van der Waals surface area contributed by atoms with E-state index in [-0.39, 0.29) is 0 Å². The van der Waals surface area contributed by atoms with Gasteiger partial charge in [-0.15, -0.1) is 5.54 Å². The van der Waals surface area contributed by atoms with Crippen molar-refractivity contribution in [2.24, 2.45) is 0 Å². The molecule has 0 bridgehead atoms. The lowest BCUT2D eigenvalue weighted by Gasteiger charge is -2.14. The van der Waals surface area contributed by atoms with Gasteiger partial charge < -0.3 is 0 Å². The van der Waals surface area contributed by atoms with Crippen molar-refractivity contribution in [1.29, 1.82) is 0 Å². The molecule has 0 radical (unpaired) electrons.